The molecule has 344 valence electrons. The Morgan fingerprint density at radius 2 is 1.80 bits per heavy atom. The van der Waals surface area contributed by atoms with Crippen LogP contribution in [0.1, 0.15) is 66.5 Å². The van der Waals surface area contributed by atoms with Crippen LogP contribution in [0.3, 0.4) is 0 Å². The Morgan fingerprint density at radius 1 is 1.02 bits per heavy atom. The minimum Gasteiger partial charge on any atom is -0.491 e. The van der Waals surface area contributed by atoms with Crippen LogP contribution in [-0.2, 0) is 27.4 Å². The van der Waals surface area contributed by atoms with Crippen molar-refractivity contribution in [1.29, 1.82) is 0 Å². The number of halogens is 1. The van der Waals surface area contributed by atoms with E-state index < -0.39 is 31.6 Å². The molecule has 0 saturated carbocycles. The van der Waals surface area contributed by atoms with Gasteiger partial charge >= 0.3 is 12.1 Å². The van der Waals surface area contributed by atoms with Crippen molar-refractivity contribution >= 4 is 69.8 Å². The molecule has 0 fully saturated rings. The summed E-state index contributed by atoms with van der Waals surface area (Å²) in [6.45, 7) is 17.0. The number of carbonyl (C=O) groups is 2. The maximum atomic E-state index is 14.9. The summed E-state index contributed by atoms with van der Waals surface area (Å²) in [7, 11) is 3.89. The fourth-order valence-electron chi connectivity index (χ4n) is 6.06. The third-order valence-corrected chi connectivity index (χ3v) is 13.3. The van der Waals surface area contributed by atoms with Gasteiger partial charge in [-0.15, -0.1) is 21.5 Å². The maximum absolute atomic E-state index is 14.9. The molecule has 0 aliphatic carbocycles. The first-order chi connectivity index (χ1) is 30.4. The average Bonchev–Trinajstić information content (AvgIpc) is 3.80. The number of ether oxygens (including phenoxy) is 4. The zero-order valence-electron chi connectivity index (χ0n) is 38.7. The molecule has 0 aliphatic heterocycles. The minimum absolute atomic E-state index is 0.126. The second-order valence-corrected chi connectivity index (χ2v) is 25.3. The van der Waals surface area contributed by atoms with Crippen LogP contribution < -0.4 is 19.8 Å². The largest absolute Gasteiger partial charge is 0.491 e. The number of thiazole rings is 2. The minimum atomic E-state index is -1.26. The topological polar surface area (TPSA) is 146 Å². The number of hydrogen-bond donors (Lipinski definition) is 1. The van der Waals surface area contributed by atoms with Gasteiger partial charge in [0.25, 0.3) is 0 Å². The number of nitrogens with one attached hydrogen (secondary N) is 1. The molecule has 18 heteroatoms. The summed E-state index contributed by atoms with van der Waals surface area (Å²) in [5.41, 5.74) is 1.96. The van der Waals surface area contributed by atoms with E-state index in [1.165, 1.54) is 24.5 Å². The predicted octanol–water partition coefficient (Wildman–Crippen LogP) is 9.10. The molecule has 14 nitrogen and oxygen atoms in total. The Balaban J connectivity index is 1.38. The van der Waals surface area contributed by atoms with Crippen LogP contribution in [0.25, 0.3) is 10.2 Å². The van der Waals surface area contributed by atoms with Crippen molar-refractivity contribution in [3.63, 3.8) is 0 Å². The lowest BCUT2D eigenvalue weighted by molar-refractivity contribution is 0.0525. The van der Waals surface area contributed by atoms with E-state index in [1.807, 2.05) is 69.8 Å². The molecule has 0 aliphatic rings. The molecule has 0 bridgehead atoms. The molecule has 0 unspecified atom stereocenters. The summed E-state index contributed by atoms with van der Waals surface area (Å²) < 4.78 is 40.6. The predicted molar refractivity (Wildman–Crippen MR) is 255 cm³/mol. The van der Waals surface area contributed by atoms with E-state index in [4.69, 9.17) is 28.9 Å². The molecule has 0 atom stereocenters. The van der Waals surface area contributed by atoms with E-state index in [-0.39, 0.29) is 18.1 Å². The van der Waals surface area contributed by atoms with Crippen LogP contribution in [0.15, 0.2) is 53.5 Å². The molecular formula is C46H61FN8O6S2Si. The molecule has 0 saturated heterocycles. The van der Waals surface area contributed by atoms with Crippen LogP contribution in [0, 0.1) is 24.6 Å². The monoisotopic (exact) mass is 932 g/mol. The molecule has 5 aromatic rings. The van der Waals surface area contributed by atoms with Gasteiger partial charge in [-0.3, -0.25) is 9.47 Å². The van der Waals surface area contributed by atoms with Gasteiger partial charge in [0.15, 0.2) is 38.8 Å². The van der Waals surface area contributed by atoms with Gasteiger partial charge in [-0.05, 0) is 115 Å². The summed E-state index contributed by atoms with van der Waals surface area (Å²) in [4.78, 5) is 40.5. The van der Waals surface area contributed by atoms with Crippen LogP contribution in [0.2, 0.25) is 25.7 Å². The number of anilines is 2. The number of aromatic nitrogens is 4. The van der Waals surface area contributed by atoms with Gasteiger partial charge in [0.2, 0.25) is 0 Å². The van der Waals surface area contributed by atoms with E-state index in [1.54, 1.807) is 23.5 Å². The number of aryl methyl sites for hydroxylation is 2. The number of unbranched alkanes of at least 4 members (excludes halogenated alkanes) is 1. The number of amides is 1. The highest BCUT2D eigenvalue weighted by Crippen LogP contribution is 2.34. The fraction of sp³-hybridized carbons (Fsp3) is 0.478. The number of nitrogens with zero attached hydrogens (tertiary/aromatic N) is 7. The molecule has 0 radical (unpaired) electrons. The number of rotatable bonds is 20. The van der Waals surface area contributed by atoms with E-state index in [2.05, 4.69) is 63.7 Å². The Morgan fingerprint density at radius 3 is 2.50 bits per heavy atom. The van der Waals surface area contributed by atoms with E-state index in [0.717, 1.165) is 26.6 Å². The lowest BCUT2D eigenvalue weighted by atomic mass is 10.2. The second kappa shape index (κ2) is 23.1. The van der Waals surface area contributed by atoms with E-state index in [9.17, 15) is 14.0 Å². The molecule has 5 rings (SSSR count). The van der Waals surface area contributed by atoms with Crippen molar-refractivity contribution in [3.8, 4) is 17.6 Å². The first kappa shape index (κ1) is 49.8. The van der Waals surface area contributed by atoms with Gasteiger partial charge < -0.3 is 29.2 Å². The third-order valence-electron chi connectivity index (χ3n) is 9.37. The van der Waals surface area contributed by atoms with Crippen molar-refractivity contribution in [1.82, 2.24) is 30.0 Å². The highest BCUT2D eigenvalue weighted by atomic mass is 32.1. The smallest absolute Gasteiger partial charge is 0.407 e. The lowest BCUT2D eigenvalue weighted by Crippen LogP contribution is -2.33. The van der Waals surface area contributed by atoms with Crippen molar-refractivity contribution in [2.24, 2.45) is 4.99 Å². The summed E-state index contributed by atoms with van der Waals surface area (Å²) >= 11 is 2.90. The van der Waals surface area contributed by atoms with Crippen molar-refractivity contribution in [2.75, 3.05) is 59.0 Å². The summed E-state index contributed by atoms with van der Waals surface area (Å²) in [6.07, 6.45) is 1.67. The maximum Gasteiger partial charge on any atom is 0.407 e. The van der Waals surface area contributed by atoms with Crippen LogP contribution in [0.4, 0.5) is 26.0 Å². The Labute approximate surface area is 384 Å². The Hall–Kier alpha value is -5.19. The number of carbonyl (C=O) groups excluding carboxylic acids is 2. The van der Waals surface area contributed by atoms with Crippen LogP contribution in [0.5, 0.6) is 5.75 Å². The van der Waals surface area contributed by atoms with Gasteiger partial charge in [0.05, 0.1) is 30.5 Å². The van der Waals surface area contributed by atoms with Crippen molar-refractivity contribution < 1.29 is 32.9 Å². The lowest BCUT2D eigenvalue weighted by Gasteiger charge is -2.21. The molecule has 3 heterocycles. The average molecular weight is 933 g/mol. The van der Waals surface area contributed by atoms with Crippen LogP contribution in [-0.4, -0.2) is 104 Å². The third kappa shape index (κ3) is 15.2. The second-order valence-electron chi connectivity index (χ2n) is 17.6. The van der Waals surface area contributed by atoms with Gasteiger partial charge in [0.1, 0.15) is 12.3 Å². The summed E-state index contributed by atoms with van der Waals surface area (Å²) in [5.74, 6) is 6.00. The molecule has 1 amide bonds. The number of alkyl carbamates (subject to hydrolysis) is 1. The normalized spacial score (nSPS) is 12.0. The van der Waals surface area contributed by atoms with E-state index >= 15 is 0 Å². The summed E-state index contributed by atoms with van der Waals surface area (Å²) in [6, 6.07) is 15.8. The number of esters is 1. The zero-order valence-corrected chi connectivity index (χ0v) is 41.3. The Bertz CT molecular complexity index is 2500. The molecular weight excluding hydrogens is 872 g/mol. The standard InChI is InChI=1S/C46H61FN8O6S2Si/c1-32-29-39(51-52-41(32)50-44-55(31-59-27-28-64(8,9)10)35-18-11-12-19-37(35)62-44)54(25-14-13-23-48-45(57)61-46(2,3)4)43-49-40(42(56)58-7)38(63-43)20-16-26-60-36-22-21-33(30-34(36)47)17-15-24-53(5)6/h11-12,18-19,21-22,29-30H,13-14,16,20,23-28,31H2,1-10H3,(H,48,57). The number of para-hydroxylation sites is 1. The molecule has 2 aromatic carbocycles. The Kier molecular flexibility index (Phi) is 18.0. The van der Waals surface area contributed by atoms with Crippen molar-refractivity contribution in [3.05, 3.63) is 80.8 Å². The fourth-order valence-corrected chi connectivity index (χ4v) is 8.96. The number of benzene rings is 2. The molecule has 64 heavy (non-hydrogen) atoms. The van der Waals surface area contributed by atoms with Gasteiger partial charge in [-0.1, -0.05) is 55.0 Å². The SMILES string of the molecule is COC(=O)c1nc(N(CCCCNC(=O)OC(C)(C)C)c2cc(C)c(N=c3sc4ccccc4n3COCC[Si](C)(C)C)nn2)sc1CCCOc1ccc(C#CCN(C)C)cc1F. The highest BCUT2D eigenvalue weighted by molar-refractivity contribution is 7.16. The number of hydrogen-bond acceptors (Lipinski definition) is 14. The van der Waals surface area contributed by atoms with Gasteiger partial charge in [-0.25, -0.2) is 19.0 Å². The number of methoxy groups -OCH3 is 1. The molecule has 0 spiro atoms. The van der Waals surface area contributed by atoms with Gasteiger partial charge in [-0.2, -0.15) is 4.99 Å². The molecule has 3 aromatic heterocycles. The molecule has 1 N–H and O–H groups in total. The number of fused-ring (bicyclic) bond motifs is 1. The first-order valence-corrected chi connectivity index (χ1v) is 26.7. The zero-order chi connectivity index (χ0) is 46.4. The summed E-state index contributed by atoms with van der Waals surface area (Å²) in [5, 5.41) is 12.6. The first-order valence-electron chi connectivity index (χ1n) is 21.3. The van der Waals surface area contributed by atoms with E-state index in [0.29, 0.717) is 85.9 Å². The highest BCUT2D eigenvalue weighted by Gasteiger charge is 2.24. The van der Waals surface area contributed by atoms with Gasteiger partial charge in [0, 0.05) is 38.2 Å². The van der Waals surface area contributed by atoms with Crippen molar-refractivity contribution in [2.45, 2.75) is 91.4 Å². The van der Waals surface area contributed by atoms with Crippen LogP contribution >= 0.6 is 22.7 Å². The quantitative estimate of drug-likeness (QED) is 0.0345.